The van der Waals surface area contributed by atoms with Crippen LogP contribution in [-0.4, -0.2) is 28.6 Å². The number of benzene rings is 1. The maximum absolute atomic E-state index is 12.5. The first kappa shape index (κ1) is 23.8. The number of Topliss-reactive ketones (excluding diaryl/α,β-unsaturated/α-hetero) is 2. The summed E-state index contributed by atoms with van der Waals surface area (Å²) in [6.07, 6.45) is 4.96. The molecular formula is C24H32O6. The van der Waals surface area contributed by atoms with Gasteiger partial charge in [0.2, 0.25) is 0 Å². The highest BCUT2D eigenvalue weighted by Gasteiger charge is 2.43. The average molecular weight is 417 g/mol. The molecule has 3 atom stereocenters. The molecular weight excluding hydrogens is 384 g/mol. The molecule has 0 spiro atoms. The summed E-state index contributed by atoms with van der Waals surface area (Å²) in [6, 6.07) is 9.45. The van der Waals surface area contributed by atoms with Gasteiger partial charge in [-0.25, -0.2) is 0 Å². The highest BCUT2D eigenvalue weighted by Crippen LogP contribution is 2.41. The Balaban J connectivity index is 1.82. The lowest BCUT2D eigenvalue weighted by Crippen LogP contribution is -2.23. The first-order valence-corrected chi connectivity index (χ1v) is 10.8. The highest BCUT2D eigenvalue weighted by molar-refractivity contribution is 5.92. The van der Waals surface area contributed by atoms with Crippen LogP contribution in [0.15, 0.2) is 30.3 Å². The first-order chi connectivity index (χ1) is 14.4. The van der Waals surface area contributed by atoms with Gasteiger partial charge in [-0.2, -0.15) is 0 Å². The van der Waals surface area contributed by atoms with E-state index in [1.54, 1.807) is 0 Å². The quantitative estimate of drug-likeness (QED) is 0.379. The number of carbonyl (C=O) groups excluding carboxylic acids is 3. The van der Waals surface area contributed by atoms with Gasteiger partial charge >= 0.3 is 11.9 Å². The molecule has 2 rings (SSSR count). The molecule has 0 amide bonds. The number of esters is 1. The minimum Gasteiger partial charge on any atom is -0.481 e. The van der Waals surface area contributed by atoms with Crippen LogP contribution in [0.25, 0.3) is 0 Å². The monoisotopic (exact) mass is 416 g/mol. The Labute approximate surface area is 178 Å². The third-order valence-electron chi connectivity index (χ3n) is 5.97. The SMILES string of the molecule is CC(=O)C1CC(=O)C(CCCCCCC(=O)O)C1CCC(=O)OCc1ccccc1. The normalized spacial score (nSPS) is 20.8. The Kier molecular flexibility index (Phi) is 9.71. The van der Waals surface area contributed by atoms with Crippen LogP contribution in [0, 0.1) is 17.8 Å². The zero-order chi connectivity index (χ0) is 21.9. The van der Waals surface area contributed by atoms with Gasteiger partial charge in [-0.05, 0) is 37.7 Å². The third kappa shape index (κ3) is 7.73. The largest absolute Gasteiger partial charge is 0.481 e. The summed E-state index contributed by atoms with van der Waals surface area (Å²) in [5.74, 6) is -1.59. The lowest BCUT2D eigenvalue weighted by molar-refractivity contribution is -0.145. The molecule has 0 aromatic heterocycles. The minimum atomic E-state index is -0.788. The molecule has 1 aromatic rings. The van der Waals surface area contributed by atoms with Gasteiger partial charge in [0.05, 0.1) is 0 Å². The molecule has 1 aliphatic carbocycles. The molecule has 6 nitrogen and oxygen atoms in total. The minimum absolute atomic E-state index is 0.00922. The van der Waals surface area contributed by atoms with E-state index in [1.165, 1.54) is 6.92 Å². The van der Waals surface area contributed by atoms with Crippen LogP contribution in [-0.2, 0) is 30.5 Å². The topological polar surface area (TPSA) is 97.7 Å². The van der Waals surface area contributed by atoms with Gasteiger partial charge in [-0.1, -0.05) is 49.6 Å². The molecule has 1 aliphatic rings. The van der Waals surface area contributed by atoms with Crippen molar-refractivity contribution in [2.75, 3.05) is 0 Å². The molecule has 0 saturated heterocycles. The Bertz CT molecular complexity index is 726. The fourth-order valence-electron chi connectivity index (χ4n) is 4.35. The molecule has 1 saturated carbocycles. The van der Waals surface area contributed by atoms with Gasteiger partial charge in [0.25, 0.3) is 0 Å². The van der Waals surface area contributed by atoms with E-state index >= 15 is 0 Å². The number of ketones is 2. The fraction of sp³-hybridized carbons (Fsp3) is 0.583. The number of unbranched alkanes of at least 4 members (excludes halogenated alkanes) is 3. The van der Waals surface area contributed by atoms with Crippen LogP contribution < -0.4 is 0 Å². The summed E-state index contributed by atoms with van der Waals surface area (Å²) in [5, 5.41) is 8.69. The van der Waals surface area contributed by atoms with Crippen LogP contribution in [0.2, 0.25) is 0 Å². The Morgan fingerprint density at radius 3 is 2.37 bits per heavy atom. The van der Waals surface area contributed by atoms with E-state index in [4.69, 9.17) is 9.84 Å². The number of ether oxygens (including phenoxy) is 1. The molecule has 1 aromatic carbocycles. The van der Waals surface area contributed by atoms with Crippen LogP contribution >= 0.6 is 0 Å². The van der Waals surface area contributed by atoms with E-state index in [1.807, 2.05) is 30.3 Å². The van der Waals surface area contributed by atoms with Crippen molar-refractivity contribution in [3.05, 3.63) is 35.9 Å². The van der Waals surface area contributed by atoms with Crippen LogP contribution in [0.1, 0.15) is 70.3 Å². The zero-order valence-electron chi connectivity index (χ0n) is 17.7. The van der Waals surface area contributed by atoms with Crippen LogP contribution in [0.5, 0.6) is 0 Å². The predicted octanol–water partition coefficient (Wildman–Crippen LogP) is 4.35. The van der Waals surface area contributed by atoms with Gasteiger partial charge in [0.1, 0.15) is 18.2 Å². The standard InChI is InChI=1S/C24H32O6/c1-17(25)21-15-22(26)20(11-7-2-3-8-12-23(27)28)19(21)13-14-24(29)30-16-18-9-5-4-6-10-18/h4-6,9-10,19-21H,2-3,7-8,11-16H2,1H3,(H,27,28). The molecule has 1 fully saturated rings. The second kappa shape index (κ2) is 12.3. The second-order valence-electron chi connectivity index (χ2n) is 8.19. The van der Waals surface area contributed by atoms with Gasteiger partial charge < -0.3 is 9.84 Å². The molecule has 3 unspecified atom stereocenters. The van der Waals surface area contributed by atoms with E-state index < -0.39 is 5.97 Å². The van der Waals surface area contributed by atoms with E-state index in [2.05, 4.69) is 0 Å². The molecule has 0 aliphatic heterocycles. The Morgan fingerprint density at radius 1 is 1.00 bits per heavy atom. The predicted molar refractivity (Wildman–Crippen MR) is 112 cm³/mol. The maximum atomic E-state index is 12.5. The lowest BCUT2D eigenvalue weighted by Gasteiger charge is -2.22. The maximum Gasteiger partial charge on any atom is 0.306 e. The number of carbonyl (C=O) groups is 4. The van der Waals surface area contributed by atoms with Gasteiger partial charge in [0, 0.05) is 31.1 Å². The third-order valence-corrected chi connectivity index (χ3v) is 5.97. The van der Waals surface area contributed by atoms with Crippen molar-refractivity contribution in [1.82, 2.24) is 0 Å². The molecule has 0 heterocycles. The van der Waals surface area contributed by atoms with Gasteiger partial charge in [-0.3, -0.25) is 19.2 Å². The van der Waals surface area contributed by atoms with Crippen molar-refractivity contribution < 1.29 is 29.0 Å². The van der Waals surface area contributed by atoms with E-state index in [0.717, 1.165) is 24.8 Å². The van der Waals surface area contributed by atoms with Crippen molar-refractivity contribution in [3.8, 4) is 0 Å². The summed E-state index contributed by atoms with van der Waals surface area (Å²) in [5.41, 5.74) is 0.921. The van der Waals surface area contributed by atoms with Crippen molar-refractivity contribution in [2.45, 2.75) is 71.3 Å². The summed E-state index contributed by atoms with van der Waals surface area (Å²) in [7, 11) is 0. The molecule has 164 valence electrons. The molecule has 0 radical (unpaired) electrons. The lowest BCUT2D eigenvalue weighted by atomic mass is 9.81. The first-order valence-electron chi connectivity index (χ1n) is 10.8. The summed E-state index contributed by atoms with van der Waals surface area (Å²) in [6.45, 7) is 1.74. The number of carboxylic acids is 1. The van der Waals surface area contributed by atoms with Crippen molar-refractivity contribution in [2.24, 2.45) is 17.8 Å². The summed E-state index contributed by atoms with van der Waals surface area (Å²) < 4.78 is 5.33. The zero-order valence-corrected chi connectivity index (χ0v) is 17.7. The van der Waals surface area contributed by atoms with Crippen LogP contribution in [0.4, 0.5) is 0 Å². The van der Waals surface area contributed by atoms with E-state index in [0.29, 0.717) is 19.3 Å². The number of hydrogen-bond acceptors (Lipinski definition) is 5. The fourth-order valence-corrected chi connectivity index (χ4v) is 4.35. The second-order valence-corrected chi connectivity index (χ2v) is 8.19. The smallest absolute Gasteiger partial charge is 0.306 e. The van der Waals surface area contributed by atoms with E-state index in [-0.39, 0.29) is 61.2 Å². The number of hydrogen-bond donors (Lipinski definition) is 1. The molecule has 6 heteroatoms. The average Bonchev–Trinajstić information content (AvgIpc) is 3.03. The summed E-state index contributed by atoms with van der Waals surface area (Å²) in [4.78, 5) is 47.3. The Hall–Kier alpha value is -2.50. The highest BCUT2D eigenvalue weighted by atomic mass is 16.5. The van der Waals surface area contributed by atoms with Crippen LogP contribution in [0.3, 0.4) is 0 Å². The van der Waals surface area contributed by atoms with Crippen molar-refractivity contribution in [1.29, 1.82) is 0 Å². The number of rotatable bonds is 13. The molecule has 0 bridgehead atoms. The Morgan fingerprint density at radius 2 is 1.70 bits per heavy atom. The molecule has 30 heavy (non-hydrogen) atoms. The van der Waals surface area contributed by atoms with Gasteiger partial charge in [-0.15, -0.1) is 0 Å². The van der Waals surface area contributed by atoms with E-state index in [9.17, 15) is 19.2 Å². The summed E-state index contributed by atoms with van der Waals surface area (Å²) >= 11 is 0. The van der Waals surface area contributed by atoms with Crippen molar-refractivity contribution >= 4 is 23.5 Å². The number of aliphatic carboxylic acids is 1. The van der Waals surface area contributed by atoms with Gasteiger partial charge in [0.15, 0.2) is 0 Å². The number of carboxylic acid groups (broad SMARTS) is 1. The van der Waals surface area contributed by atoms with Crippen molar-refractivity contribution in [3.63, 3.8) is 0 Å². The molecule has 1 N–H and O–H groups in total.